The number of hydrogen-bond donors (Lipinski definition) is 1. The van der Waals surface area contributed by atoms with Crippen molar-refractivity contribution in [3.05, 3.63) is 51.9 Å². The Morgan fingerprint density at radius 2 is 2.00 bits per heavy atom. The molecule has 2 aromatic heterocycles. The number of nitrogens with zero attached hydrogens (tertiary/aromatic N) is 3. The molecule has 3 aromatic rings. The van der Waals surface area contributed by atoms with Gasteiger partial charge in [-0.05, 0) is 36.6 Å². The SMILES string of the molecule is COn1c(=O)c(-c2c(C)cccc2C)cc2cnc(NC(=O)CC=O)nc21. The number of carbonyl (C=O) groups excluding carboxylic acids is 2. The maximum absolute atomic E-state index is 13.0. The van der Waals surface area contributed by atoms with Crippen molar-refractivity contribution >= 4 is 29.2 Å². The lowest BCUT2D eigenvalue weighted by Crippen LogP contribution is -2.28. The van der Waals surface area contributed by atoms with Gasteiger partial charge in [0.25, 0.3) is 5.56 Å². The fourth-order valence-corrected chi connectivity index (χ4v) is 2.97. The fourth-order valence-electron chi connectivity index (χ4n) is 2.97. The second kappa shape index (κ2) is 7.36. The smallest absolute Gasteiger partial charge is 0.292 e. The fraction of sp³-hybridized carbons (Fsp3) is 0.211. The van der Waals surface area contributed by atoms with E-state index in [9.17, 15) is 14.4 Å². The number of aromatic nitrogens is 3. The van der Waals surface area contributed by atoms with E-state index in [0.29, 0.717) is 17.2 Å². The first kappa shape index (κ1) is 18.2. The zero-order chi connectivity index (χ0) is 19.6. The predicted octanol–water partition coefficient (Wildman–Crippen LogP) is 1.66. The average Bonchev–Trinajstić information content (AvgIpc) is 2.62. The van der Waals surface area contributed by atoms with E-state index in [0.717, 1.165) is 21.4 Å². The van der Waals surface area contributed by atoms with Crippen LogP contribution in [0, 0.1) is 13.8 Å². The zero-order valence-electron chi connectivity index (χ0n) is 15.1. The van der Waals surface area contributed by atoms with Crippen molar-refractivity contribution in [2.45, 2.75) is 20.3 Å². The van der Waals surface area contributed by atoms with E-state index in [1.54, 1.807) is 6.07 Å². The van der Waals surface area contributed by atoms with Crippen LogP contribution in [0.2, 0.25) is 0 Å². The normalized spacial score (nSPS) is 10.6. The Kier molecular flexibility index (Phi) is 4.98. The van der Waals surface area contributed by atoms with Gasteiger partial charge in [0.05, 0.1) is 12.0 Å². The van der Waals surface area contributed by atoms with Gasteiger partial charge >= 0.3 is 0 Å². The highest BCUT2D eigenvalue weighted by Crippen LogP contribution is 2.26. The van der Waals surface area contributed by atoms with E-state index in [1.165, 1.54) is 13.3 Å². The second-order valence-electron chi connectivity index (χ2n) is 6.00. The second-order valence-corrected chi connectivity index (χ2v) is 6.00. The quantitative estimate of drug-likeness (QED) is 0.544. The Hall–Kier alpha value is -3.55. The molecule has 1 aromatic carbocycles. The van der Waals surface area contributed by atoms with Crippen molar-refractivity contribution in [3.63, 3.8) is 0 Å². The Morgan fingerprint density at radius 1 is 1.30 bits per heavy atom. The summed E-state index contributed by atoms with van der Waals surface area (Å²) in [6.45, 7) is 3.87. The first-order valence-corrected chi connectivity index (χ1v) is 8.23. The van der Waals surface area contributed by atoms with Gasteiger partial charge in [-0.1, -0.05) is 18.2 Å². The molecule has 0 saturated carbocycles. The number of aryl methyl sites for hydroxylation is 2. The van der Waals surface area contributed by atoms with Gasteiger partial charge in [-0.25, -0.2) is 4.98 Å². The van der Waals surface area contributed by atoms with Crippen LogP contribution in [0.4, 0.5) is 5.95 Å². The van der Waals surface area contributed by atoms with Gasteiger partial charge < -0.3 is 9.63 Å². The van der Waals surface area contributed by atoms with Crippen LogP contribution in [0.5, 0.6) is 0 Å². The first-order chi connectivity index (χ1) is 13.0. The summed E-state index contributed by atoms with van der Waals surface area (Å²) in [4.78, 5) is 48.5. The molecule has 2 heterocycles. The minimum absolute atomic E-state index is 0.0145. The van der Waals surface area contributed by atoms with Crippen molar-refractivity contribution in [3.8, 4) is 11.1 Å². The molecule has 0 atom stereocenters. The van der Waals surface area contributed by atoms with Crippen LogP contribution in [0.1, 0.15) is 17.5 Å². The van der Waals surface area contributed by atoms with E-state index in [1.807, 2.05) is 32.0 Å². The number of fused-ring (bicyclic) bond motifs is 1. The van der Waals surface area contributed by atoms with Crippen molar-refractivity contribution in [1.82, 2.24) is 14.7 Å². The van der Waals surface area contributed by atoms with Crippen molar-refractivity contribution < 1.29 is 14.4 Å². The molecule has 0 bridgehead atoms. The molecule has 8 nitrogen and oxygen atoms in total. The molecule has 0 saturated heterocycles. The standard InChI is InChI=1S/C19H18N4O4/c1-11-5-4-6-12(2)16(11)14-9-13-10-20-19(21-15(25)7-8-24)22-17(13)23(27-3)18(14)26/h4-6,8-10H,7H2,1-3H3,(H,20,21,22,25). The molecule has 3 rings (SSSR count). The maximum atomic E-state index is 13.0. The molecule has 1 amide bonds. The lowest BCUT2D eigenvalue weighted by Gasteiger charge is -2.14. The summed E-state index contributed by atoms with van der Waals surface area (Å²) in [5.41, 5.74) is 3.08. The molecule has 8 heteroatoms. The molecular formula is C19H18N4O4. The number of rotatable bonds is 5. The Labute approximate surface area is 154 Å². The van der Waals surface area contributed by atoms with Crippen LogP contribution >= 0.6 is 0 Å². The van der Waals surface area contributed by atoms with Gasteiger partial charge in [-0.15, -0.1) is 4.73 Å². The molecule has 0 radical (unpaired) electrons. The molecule has 0 spiro atoms. The molecular weight excluding hydrogens is 348 g/mol. The summed E-state index contributed by atoms with van der Waals surface area (Å²) >= 11 is 0. The minimum atomic E-state index is -0.539. The molecule has 0 fully saturated rings. The van der Waals surface area contributed by atoms with E-state index < -0.39 is 5.91 Å². The van der Waals surface area contributed by atoms with E-state index in [2.05, 4.69) is 15.3 Å². The van der Waals surface area contributed by atoms with Gasteiger partial charge in [0.1, 0.15) is 13.4 Å². The van der Waals surface area contributed by atoms with Gasteiger partial charge in [0.15, 0.2) is 5.65 Å². The summed E-state index contributed by atoms with van der Waals surface area (Å²) in [6, 6.07) is 7.51. The number of hydrogen-bond acceptors (Lipinski definition) is 6. The number of carbonyl (C=O) groups is 2. The predicted molar refractivity (Wildman–Crippen MR) is 101 cm³/mol. The van der Waals surface area contributed by atoms with Gasteiger partial charge in [-0.2, -0.15) is 4.98 Å². The van der Waals surface area contributed by atoms with Gasteiger partial charge in [0.2, 0.25) is 11.9 Å². The molecule has 0 aliphatic rings. The van der Waals surface area contributed by atoms with Crippen LogP contribution in [-0.4, -0.2) is 34.0 Å². The third-order valence-corrected chi connectivity index (χ3v) is 4.16. The number of benzene rings is 1. The number of anilines is 1. The van der Waals surface area contributed by atoms with Crippen LogP contribution in [0.25, 0.3) is 22.2 Å². The third-order valence-electron chi connectivity index (χ3n) is 4.16. The lowest BCUT2D eigenvalue weighted by atomic mass is 9.96. The molecule has 0 unspecified atom stereocenters. The van der Waals surface area contributed by atoms with Gasteiger partial charge in [-0.3, -0.25) is 14.9 Å². The van der Waals surface area contributed by atoms with Crippen molar-refractivity contribution in [1.29, 1.82) is 0 Å². The largest absolute Gasteiger partial charge is 0.412 e. The summed E-state index contributed by atoms with van der Waals surface area (Å²) in [7, 11) is 1.36. The molecule has 138 valence electrons. The van der Waals surface area contributed by atoms with Crippen molar-refractivity contribution in [2.75, 3.05) is 12.4 Å². The first-order valence-electron chi connectivity index (χ1n) is 8.23. The summed E-state index contributed by atoms with van der Waals surface area (Å²) < 4.78 is 1.06. The number of aldehydes is 1. The van der Waals surface area contributed by atoms with E-state index in [4.69, 9.17) is 4.84 Å². The zero-order valence-corrected chi connectivity index (χ0v) is 15.1. The Morgan fingerprint density at radius 3 is 2.63 bits per heavy atom. The lowest BCUT2D eigenvalue weighted by molar-refractivity contribution is -0.120. The number of pyridine rings is 1. The highest BCUT2D eigenvalue weighted by Gasteiger charge is 2.17. The van der Waals surface area contributed by atoms with Crippen molar-refractivity contribution in [2.24, 2.45) is 0 Å². The van der Waals surface area contributed by atoms with Gasteiger partial charge in [0, 0.05) is 11.6 Å². The Bertz CT molecular complexity index is 1080. The third kappa shape index (κ3) is 3.41. The van der Waals surface area contributed by atoms with Crippen LogP contribution in [-0.2, 0) is 9.59 Å². The summed E-state index contributed by atoms with van der Waals surface area (Å²) in [5, 5.41) is 2.98. The summed E-state index contributed by atoms with van der Waals surface area (Å²) in [6.07, 6.45) is 1.67. The molecule has 1 N–H and O–H groups in total. The molecule has 0 aliphatic heterocycles. The topological polar surface area (TPSA) is 103 Å². The van der Waals surface area contributed by atoms with Crippen LogP contribution < -0.4 is 15.7 Å². The molecule has 0 aliphatic carbocycles. The minimum Gasteiger partial charge on any atom is -0.412 e. The highest BCUT2D eigenvalue weighted by molar-refractivity contribution is 5.97. The number of nitrogens with one attached hydrogen (secondary N) is 1. The molecule has 27 heavy (non-hydrogen) atoms. The van der Waals surface area contributed by atoms with E-state index >= 15 is 0 Å². The van der Waals surface area contributed by atoms with E-state index in [-0.39, 0.29) is 23.6 Å². The maximum Gasteiger partial charge on any atom is 0.292 e. The van der Waals surface area contributed by atoms with Crippen LogP contribution in [0.3, 0.4) is 0 Å². The average molecular weight is 366 g/mol. The monoisotopic (exact) mass is 366 g/mol. The Balaban J connectivity index is 2.21. The summed E-state index contributed by atoms with van der Waals surface area (Å²) in [5.74, 6) is -0.554. The number of amides is 1. The highest BCUT2D eigenvalue weighted by atomic mass is 16.6. The van der Waals surface area contributed by atoms with Crippen LogP contribution in [0.15, 0.2) is 35.3 Å².